The minimum absolute atomic E-state index is 0.192. The monoisotopic (exact) mass is 447 g/mol. The number of carboxylic acids is 1. The van der Waals surface area contributed by atoms with Gasteiger partial charge in [-0.05, 0) is 38.3 Å². The molecule has 0 spiro atoms. The Morgan fingerprint density at radius 3 is 2.45 bits per heavy atom. The second-order valence-corrected chi connectivity index (χ2v) is 10.5. The number of nitrogens with zero attached hydrogens (tertiary/aromatic N) is 1. The average Bonchev–Trinajstić information content (AvgIpc) is 3.14. The quantitative estimate of drug-likeness (QED) is 0.590. The van der Waals surface area contributed by atoms with Crippen LogP contribution < -0.4 is 10.6 Å². The Balaban J connectivity index is 1.85. The van der Waals surface area contributed by atoms with Crippen LogP contribution in [0.1, 0.15) is 62.3 Å². The maximum absolute atomic E-state index is 13.4. The minimum atomic E-state index is -1.15. The molecule has 3 N–H and O–H groups in total. The second kappa shape index (κ2) is 8.53. The summed E-state index contributed by atoms with van der Waals surface area (Å²) in [7, 11) is 0. The Morgan fingerprint density at radius 2 is 1.84 bits per heavy atom. The van der Waals surface area contributed by atoms with Crippen molar-refractivity contribution in [2.45, 2.75) is 69.3 Å². The van der Waals surface area contributed by atoms with Crippen LogP contribution in [0, 0.1) is 5.92 Å². The van der Waals surface area contributed by atoms with Crippen molar-refractivity contribution in [2.24, 2.45) is 5.92 Å². The largest absolute Gasteiger partial charge is 0.480 e. The molecule has 0 saturated carbocycles. The molecule has 1 fully saturated rings. The Bertz CT molecular complexity index is 918. The average molecular weight is 448 g/mol. The van der Waals surface area contributed by atoms with Gasteiger partial charge in [0, 0.05) is 10.3 Å². The number of hydrogen-bond donors (Lipinski definition) is 3. The summed E-state index contributed by atoms with van der Waals surface area (Å²) in [5.41, 5.74) is 1.49. The molecule has 0 radical (unpaired) electrons. The van der Waals surface area contributed by atoms with E-state index in [-0.39, 0.29) is 17.2 Å². The van der Waals surface area contributed by atoms with E-state index in [2.05, 4.69) is 10.6 Å². The Kier molecular flexibility index (Phi) is 6.36. The molecule has 8 nitrogen and oxygen atoms in total. The zero-order chi connectivity index (χ0) is 23.1. The molecule has 3 amide bonds. The van der Waals surface area contributed by atoms with Crippen LogP contribution in [0.15, 0.2) is 24.3 Å². The lowest BCUT2D eigenvalue weighted by Crippen LogP contribution is -2.59. The standard InChI is InChI=1S/C22H29N3O5S/c1-6-11(2)15(17(26)23-12(3)21(29)30)24-18(27)16-22(4,5)31-20-14-10-8-7-9-13(14)19(28)25(16)20/h7-12,15-16,20H,6H2,1-5H3,(H,23,26)(H,24,27)(H,29,30)/t11-,12-,15-,16-,20+/m0/s1. The second-order valence-electron chi connectivity index (χ2n) is 8.72. The number of nitrogens with one attached hydrogen (secondary N) is 2. The van der Waals surface area contributed by atoms with Crippen molar-refractivity contribution in [3.8, 4) is 0 Å². The summed E-state index contributed by atoms with van der Waals surface area (Å²) in [4.78, 5) is 52.0. The number of carbonyl (C=O) groups is 4. The lowest BCUT2D eigenvalue weighted by atomic mass is 9.95. The molecule has 5 atom stereocenters. The van der Waals surface area contributed by atoms with Crippen molar-refractivity contribution in [1.29, 1.82) is 0 Å². The maximum atomic E-state index is 13.4. The summed E-state index contributed by atoms with van der Waals surface area (Å²) in [6.45, 7) is 8.92. The van der Waals surface area contributed by atoms with E-state index in [1.165, 1.54) is 6.92 Å². The van der Waals surface area contributed by atoms with Crippen molar-refractivity contribution in [3.05, 3.63) is 35.4 Å². The van der Waals surface area contributed by atoms with Gasteiger partial charge in [0.1, 0.15) is 23.5 Å². The molecule has 0 aliphatic carbocycles. The van der Waals surface area contributed by atoms with Crippen LogP contribution >= 0.6 is 11.8 Å². The van der Waals surface area contributed by atoms with Gasteiger partial charge in [-0.25, -0.2) is 0 Å². The van der Waals surface area contributed by atoms with Gasteiger partial charge < -0.3 is 20.6 Å². The first-order valence-electron chi connectivity index (χ1n) is 10.4. The molecule has 1 aromatic carbocycles. The number of rotatable bonds is 7. The van der Waals surface area contributed by atoms with E-state index in [9.17, 15) is 19.2 Å². The molecular weight excluding hydrogens is 418 g/mol. The number of amides is 3. The van der Waals surface area contributed by atoms with Crippen molar-refractivity contribution < 1.29 is 24.3 Å². The molecule has 9 heteroatoms. The summed E-state index contributed by atoms with van der Waals surface area (Å²) in [6.07, 6.45) is 0.610. The van der Waals surface area contributed by atoms with Gasteiger partial charge in [0.15, 0.2) is 0 Å². The van der Waals surface area contributed by atoms with E-state index in [1.54, 1.807) is 28.8 Å². The van der Waals surface area contributed by atoms with E-state index >= 15 is 0 Å². The predicted octanol–water partition coefficient (Wildman–Crippen LogP) is 2.16. The summed E-state index contributed by atoms with van der Waals surface area (Å²) >= 11 is 1.55. The maximum Gasteiger partial charge on any atom is 0.325 e. The van der Waals surface area contributed by atoms with Crippen LogP contribution in [0.5, 0.6) is 0 Å². The summed E-state index contributed by atoms with van der Waals surface area (Å²) < 4.78 is -0.567. The van der Waals surface area contributed by atoms with Crippen LogP contribution in [0.4, 0.5) is 0 Å². The first-order chi connectivity index (χ1) is 14.5. The van der Waals surface area contributed by atoms with Crippen LogP contribution in [0.2, 0.25) is 0 Å². The van der Waals surface area contributed by atoms with E-state index < -0.39 is 40.7 Å². The van der Waals surface area contributed by atoms with E-state index in [4.69, 9.17) is 5.11 Å². The molecule has 1 aromatic rings. The molecule has 0 unspecified atom stereocenters. The number of thioether (sulfide) groups is 1. The molecule has 1 saturated heterocycles. The first kappa shape index (κ1) is 23.1. The summed E-state index contributed by atoms with van der Waals surface area (Å²) in [5, 5.41) is 14.1. The minimum Gasteiger partial charge on any atom is -0.480 e. The molecule has 0 bridgehead atoms. The van der Waals surface area contributed by atoms with Crippen molar-refractivity contribution in [2.75, 3.05) is 0 Å². The third kappa shape index (κ3) is 4.15. The number of carbonyl (C=O) groups excluding carboxylic acids is 3. The zero-order valence-electron chi connectivity index (χ0n) is 18.3. The molecule has 31 heavy (non-hydrogen) atoms. The first-order valence-corrected chi connectivity index (χ1v) is 11.3. The summed E-state index contributed by atoms with van der Waals surface area (Å²) in [5.74, 6) is -2.52. The van der Waals surface area contributed by atoms with Gasteiger partial charge in [-0.1, -0.05) is 38.5 Å². The summed E-state index contributed by atoms with van der Waals surface area (Å²) in [6, 6.07) is 4.61. The van der Waals surface area contributed by atoms with Gasteiger partial charge in [-0.3, -0.25) is 19.2 Å². The van der Waals surface area contributed by atoms with E-state index in [0.717, 1.165) is 5.56 Å². The van der Waals surface area contributed by atoms with Crippen LogP contribution in [0.3, 0.4) is 0 Å². The lowest BCUT2D eigenvalue weighted by molar-refractivity contribution is -0.142. The fraction of sp³-hybridized carbons (Fsp3) is 0.545. The molecule has 2 aliphatic rings. The highest BCUT2D eigenvalue weighted by Crippen LogP contribution is 2.56. The Hall–Kier alpha value is -2.55. The Labute approximate surface area is 186 Å². The normalized spacial score (nSPS) is 24.0. The van der Waals surface area contributed by atoms with Crippen molar-refractivity contribution in [1.82, 2.24) is 15.5 Å². The Morgan fingerprint density at radius 1 is 1.19 bits per heavy atom. The van der Waals surface area contributed by atoms with Gasteiger partial charge >= 0.3 is 5.97 Å². The van der Waals surface area contributed by atoms with Gasteiger partial charge in [-0.2, -0.15) is 0 Å². The lowest BCUT2D eigenvalue weighted by Gasteiger charge is -2.32. The van der Waals surface area contributed by atoms with Crippen LogP contribution in [0.25, 0.3) is 0 Å². The zero-order valence-corrected chi connectivity index (χ0v) is 19.2. The van der Waals surface area contributed by atoms with Gasteiger partial charge in [0.2, 0.25) is 11.8 Å². The third-order valence-corrected chi connectivity index (χ3v) is 7.60. The predicted molar refractivity (Wildman–Crippen MR) is 117 cm³/mol. The fourth-order valence-corrected chi connectivity index (χ4v) is 5.69. The third-order valence-electron chi connectivity index (χ3n) is 6.07. The van der Waals surface area contributed by atoms with Crippen molar-refractivity contribution >= 4 is 35.5 Å². The number of hydrogen-bond acceptors (Lipinski definition) is 5. The van der Waals surface area contributed by atoms with E-state index in [0.29, 0.717) is 12.0 Å². The van der Waals surface area contributed by atoms with Crippen LogP contribution in [-0.2, 0) is 14.4 Å². The molecule has 0 aromatic heterocycles. The number of benzene rings is 1. The van der Waals surface area contributed by atoms with Crippen molar-refractivity contribution in [3.63, 3.8) is 0 Å². The topological polar surface area (TPSA) is 116 Å². The molecule has 168 valence electrons. The highest BCUT2D eigenvalue weighted by atomic mass is 32.2. The van der Waals surface area contributed by atoms with Crippen LogP contribution in [-0.4, -0.2) is 56.6 Å². The fourth-order valence-electron chi connectivity index (χ4n) is 4.10. The molecule has 2 aliphatic heterocycles. The molecule has 3 rings (SSSR count). The molecule has 2 heterocycles. The van der Waals surface area contributed by atoms with Gasteiger partial charge in [0.25, 0.3) is 5.91 Å². The number of fused-ring (bicyclic) bond motifs is 3. The highest BCUT2D eigenvalue weighted by Gasteiger charge is 2.57. The molecular formula is C22H29N3O5S. The number of aliphatic carboxylic acids is 1. The smallest absolute Gasteiger partial charge is 0.325 e. The highest BCUT2D eigenvalue weighted by molar-refractivity contribution is 8.01. The SMILES string of the molecule is CC[C@H](C)[C@H](NC(=O)[C@@H]1N2C(=O)c3ccccc3[C@H]2SC1(C)C)C(=O)N[C@@H](C)C(=O)O. The van der Waals surface area contributed by atoms with Gasteiger partial charge in [-0.15, -0.1) is 11.8 Å². The van der Waals surface area contributed by atoms with E-state index in [1.807, 2.05) is 39.8 Å². The number of carboxylic acid groups (broad SMARTS) is 1. The van der Waals surface area contributed by atoms with Gasteiger partial charge in [0.05, 0.1) is 0 Å².